The van der Waals surface area contributed by atoms with Gasteiger partial charge < -0.3 is 15.7 Å². The van der Waals surface area contributed by atoms with E-state index in [2.05, 4.69) is 10.6 Å². The number of hydrogen-bond acceptors (Lipinski definition) is 4. The highest BCUT2D eigenvalue weighted by Gasteiger charge is 2.18. The Morgan fingerprint density at radius 1 is 1.04 bits per heavy atom. The summed E-state index contributed by atoms with van der Waals surface area (Å²) in [5.74, 6) is -0.919. The highest BCUT2D eigenvalue weighted by molar-refractivity contribution is 7.90. The molecule has 3 N–H and O–H groups in total. The lowest BCUT2D eigenvalue weighted by Crippen LogP contribution is -2.39. The quantitative estimate of drug-likeness (QED) is 0.599. The monoisotopic (exact) mass is 390 g/mol. The third-order valence-electron chi connectivity index (χ3n) is 3.88. The van der Waals surface area contributed by atoms with E-state index in [0.29, 0.717) is 12.0 Å². The van der Waals surface area contributed by atoms with Gasteiger partial charge >= 0.3 is 12.0 Å². The van der Waals surface area contributed by atoms with Crippen LogP contribution in [0.4, 0.5) is 4.79 Å². The second-order valence-electron chi connectivity index (χ2n) is 6.09. The zero-order chi connectivity index (χ0) is 19.9. The Morgan fingerprint density at radius 3 is 2.33 bits per heavy atom. The molecule has 0 heterocycles. The molecule has 0 saturated carbocycles. The standard InChI is InChI=1S/C19H22N2O5S/c1-27(25,26)16-10-5-9-15(13-16)18(14-7-3-2-4-8-14)21-19(24)20-12-6-11-17(22)23/h2-5,7-10,13,18H,6,11-12H2,1H3,(H,22,23)(H2,20,21,24). The van der Waals surface area contributed by atoms with Gasteiger partial charge in [-0.2, -0.15) is 0 Å². The minimum absolute atomic E-state index is 0.0290. The van der Waals surface area contributed by atoms with Crippen molar-refractivity contribution in [1.82, 2.24) is 10.6 Å². The molecule has 0 aliphatic heterocycles. The summed E-state index contributed by atoms with van der Waals surface area (Å²) in [6, 6.07) is 14.6. The highest BCUT2D eigenvalue weighted by Crippen LogP contribution is 2.24. The number of aliphatic carboxylic acids is 1. The molecule has 0 saturated heterocycles. The smallest absolute Gasteiger partial charge is 0.315 e. The zero-order valence-electron chi connectivity index (χ0n) is 14.9. The molecule has 0 aliphatic rings. The number of urea groups is 1. The van der Waals surface area contributed by atoms with Crippen LogP contribution in [0.5, 0.6) is 0 Å². The molecule has 0 aromatic heterocycles. The molecule has 7 nitrogen and oxygen atoms in total. The second kappa shape index (κ2) is 9.18. The molecule has 8 heteroatoms. The number of carbonyl (C=O) groups excluding carboxylic acids is 1. The van der Waals surface area contributed by atoms with E-state index >= 15 is 0 Å². The average Bonchev–Trinajstić information content (AvgIpc) is 2.63. The fourth-order valence-electron chi connectivity index (χ4n) is 2.55. The number of sulfone groups is 1. The molecule has 0 bridgehead atoms. The number of nitrogens with one attached hydrogen (secondary N) is 2. The van der Waals surface area contributed by atoms with E-state index in [1.807, 2.05) is 30.3 Å². The fourth-order valence-corrected chi connectivity index (χ4v) is 3.23. The number of carboxylic acids is 1. The number of carboxylic acid groups (broad SMARTS) is 1. The number of amides is 2. The summed E-state index contributed by atoms with van der Waals surface area (Å²) < 4.78 is 23.7. The summed E-state index contributed by atoms with van der Waals surface area (Å²) in [6.07, 6.45) is 1.42. The SMILES string of the molecule is CS(=O)(=O)c1cccc(C(NC(=O)NCCCC(=O)O)c2ccccc2)c1. The topological polar surface area (TPSA) is 113 Å². The van der Waals surface area contributed by atoms with Gasteiger partial charge in [-0.05, 0) is 29.7 Å². The Labute approximate surface area is 158 Å². The van der Waals surface area contributed by atoms with Gasteiger partial charge in [0.2, 0.25) is 0 Å². The van der Waals surface area contributed by atoms with E-state index in [4.69, 9.17) is 5.11 Å². The molecule has 2 aromatic rings. The Morgan fingerprint density at radius 2 is 1.70 bits per heavy atom. The van der Waals surface area contributed by atoms with Crippen LogP contribution in [0.15, 0.2) is 59.5 Å². The van der Waals surface area contributed by atoms with Gasteiger partial charge in [0.05, 0.1) is 10.9 Å². The summed E-state index contributed by atoms with van der Waals surface area (Å²) in [7, 11) is -3.38. The van der Waals surface area contributed by atoms with Gasteiger partial charge in [-0.25, -0.2) is 13.2 Å². The summed E-state index contributed by atoms with van der Waals surface area (Å²) in [5, 5.41) is 14.1. The first-order valence-electron chi connectivity index (χ1n) is 8.38. The van der Waals surface area contributed by atoms with Crippen LogP contribution in [-0.4, -0.2) is 38.3 Å². The summed E-state index contributed by atoms with van der Waals surface area (Å²) in [5.41, 5.74) is 1.42. The average molecular weight is 390 g/mol. The van der Waals surface area contributed by atoms with Gasteiger partial charge in [0.25, 0.3) is 0 Å². The van der Waals surface area contributed by atoms with Crippen LogP contribution in [0.25, 0.3) is 0 Å². The predicted molar refractivity (Wildman–Crippen MR) is 101 cm³/mol. The molecule has 1 atom stereocenters. The van der Waals surface area contributed by atoms with Crippen molar-refractivity contribution in [3.63, 3.8) is 0 Å². The van der Waals surface area contributed by atoms with Crippen LogP contribution in [0.1, 0.15) is 30.0 Å². The Balaban J connectivity index is 2.21. The maximum Gasteiger partial charge on any atom is 0.315 e. The van der Waals surface area contributed by atoms with Crippen molar-refractivity contribution in [1.29, 1.82) is 0 Å². The van der Waals surface area contributed by atoms with E-state index in [-0.39, 0.29) is 17.9 Å². The first-order chi connectivity index (χ1) is 12.8. The van der Waals surface area contributed by atoms with E-state index in [1.54, 1.807) is 12.1 Å². The molecule has 2 rings (SSSR count). The van der Waals surface area contributed by atoms with Crippen LogP contribution in [0, 0.1) is 0 Å². The molecule has 0 aliphatic carbocycles. The van der Waals surface area contributed by atoms with Gasteiger partial charge in [0.15, 0.2) is 9.84 Å². The molecule has 144 valence electrons. The number of rotatable bonds is 8. The Bertz CT molecular complexity index is 897. The van der Waals surface area contributed by atoms with Crippen LogP contribution >= 0.6 is 0 Å². The van der Waals surface area contributed by atoms with Gasteiger partial charge in [0.1, 0.15) is 0 Å². The summed E-state index contributed by atoms with van der Waals surface area (Å²) >= 11 is 0. The molecule has 1 unspecified atom stereocenters. The van der Waals surface area contributed by atoms with Crippen LogP contribution in [-0.2, 0) is 14.6 Å². The van der Waals surface area contributed by atoms with Crippen molar-refractivity contribution in [2.45, 2.75) is 23.8 Å². The first kappa shape index (κ1) is 20.4. The summed E-state index contributed by atoms with van der Waals surface area (Å²) in [4.78, 5) is 22.9. The highest BCUT2D eigenvalue weighted by atomic mass is 32.2. The van der Waals surface area contributed by atoms with E-state index in [9.17, 15) is 18.0 Å². The van der Waals surface area contributed by atoms with Gasteiger partial charge in [-0.3, -0.25) is 4.79 Å². The fraction of sp³-hybridized carbons (Fsp3) is 0.263. The molecule has 0 spiro atoms. The van der Waals surface area contributed by atoms with Gasteiger partial charge in [-0.1, -0.05) is 42.5 Å². The first-order valence-corrected chi connectivity index (χ1v) is 10.3. The lowest BCUT2D eigenvalue weighted by Gasteiger charge is -2.20. The molecule has 2 aromatic carbocycles. The van der Waals surface area contributed by atoms with E-state index in [0.717, 1.165) is 11.8 Å². The van der Waals surface area contributed by atoms with Crippen molar-refractivity contribution in [2.75, 3.05) is 12.8 Å². The minimum Gasteiger partial charge on any atom is -0.481 e. The Kier molecular flexibility index (Phi) is 6.95. The largest absolute Gasteiger partial charge is 0.481 e. The molecule has 0 radical (unpaired) electrons. The van der Waals surface area contributed by atoms with Crippen LogP contribution in [0.3, 0.4) is 0 Å². The minimum atomic E-state index is -3.38. The molecule has 0 fully saturated rings. The van der Waals surface area contributed by atoms with Crippen LogP contribution < -0.4 is 10.6 Å². The molecule has 2 amide bonds. The normalized spacial score (nSPS) is 12.2. The maximum atomic E-state index is 12.2. The van der Waals surface area contributed by atoms with Crippen molar-refractivity contribution >= 4 is 21.8 Å². The van der Waals surface area contributed by atoms with Gasteiger partial charge in [0, 0.05) is 19.2 Å². The number of carbonyl (C=O) groups is 2. The van der Waals surface area contributed by atoms with Crippen molar-refractivity contribution in [2.24, 2.45) is 0 Å². The Hall–Kier alpha value is -2.87. The number of hydrogen-bond donors (Lipinski definition) is 3. The number of benzene rings is 2. The van der Waals surface area contributed by atoms with Crippen molar-refractivity contribution in [3.8, 4) is 0 Å². The van der Waals surface area contributed by atoms with Crippen molar-refractivity contribution in [3.05, 3.63) is 65.7 Å². The van der Waals surface area contributed by atoms with E-state index < -0.39 is 27.9 Å². The molecule has 27 heavy (non-hydrogen) atoms. The lowest BCUT2D eigenvalue weighted by atomic mass is 9.99. The molecular formula is C19H22N2O5S. The zero-order valence-corrected chi connectivity index (χ0v) is 15.7. The van der Waals surface area contributed by atoms with Gasteiger partial charge in [-0.15, -0.1) is 0 Å². The predicted octanol–water partition coefficient (Wildman–Crippen LogP) is 2.34. The summed E-state index contributed by atoms with van der Waals surface area (Å²) in [6.45, 7) is 0.225. The van der Waals surface area contributed by atoms with E-state index in [1.165, 1.54) is 12.1 Å². The third kappa shape index (κ3) is 6.41. The molecular weight excluding hydrogens is 368 g/mol. The third-order valence-corrected chi connectivity index (χ3v) is 4.99. The maximum absolute atomic E-state index is 12.2. The van der Waals surface area contributed by atoms with Crippen LogP contribution in [0.2, 0.25) is 0 Å². The van der Waals surface area contributed by atoms with Crippen molar-refractivity contribution < 1.29 is 23.1 Å². The lowest BCUT2D eigenvalue weighted by molar-refractivity contribution is -0.137. The second-order valence-corrected chi connectivity index (χ2v) is 8.10.